The fraction of sp³-hybridized carbons (Fsp3) is 0.308. The highest BCUT2D eigenvalue weighted by molar-refractivity contribution is 6.48. The second-order valence-electron chi connectivity index (χ2n) is 8.45. The van der Waals surface area contributed by atoms with Crippen LogP contribution >= 0.6 is 34.8 Å². The largest absolute Gasteiger partial charge is 0.417 e. The van der Waals surface area contributed by atoms with Gasteiger partial charge >= 0.3 is 12.4 Å². The predicted molar refractivity (Wildman–Crippen MR) is 137 cm³/mol. The molecular weight excluding hydrogens is 579 g/mol. The van der Waals surface area contributed by atoms with Crippen LogP contribution in [0, 0.1) is 0 Å². The summed E-state index contributed by atoms with van der Waals surface area (Å²) in [6.07, 6.45) is -6.86. The number of halogens is 9. The Labute approximate surface area is 230 Å². The smallest absolute Gasteiger partial charge is 0.349 e. The highest BCUT2D eigenvalue weighted by Crippen LogP contribution is 2.41. The van der Waals surface area contributed by atoms with E-state index in [1.807, 2.05) is 0 Å². The molecule has 0 spiro atoms. The van der Waals surface area contributed by atoms with Gasteiger partial charge < -0.3 is 5.32 Å². The van der Waals surface area contributed by atoms with Crippen LogP contribution in [0.5, 0.6) is 0 Å². The van der Waals surface area contributed by atoms with Crippen molar-refractivity contribution < 1.29 is 35.9 Å². The predicted octanol–water partition coefficient (Wildman–Crippen LogP) is 9.07. The van der Waals surface area contributed by atoms with Gasteiger partial charge in [-0.3, -0.25) is 9.59 Å². The first-order valence-electron chi connectivity index (χ1n) is 11.0. The van der Waals surface area contributed by atoms with Crippen LogP contribution in [-0.4, -0.2) is 23.9 Å². The van der Waals surface area contributed by atoms with E-state index in [2.05, 4.69) is 5.32 Å². The van der Waals surface area contributed by atoms with Gasteiger partial charge in [-0.1, -0.05) is 59.1 Å². The number of carbonyl (C=O) groups is 2. The number of ketones is 1. The average Bonchev–Trinajstić information content (AvgIpc) is 2.80. The van der Waals surface area contributed by atoms with Gasteiger partial charge in [0.05, 0.1) is 32.1 Å². The van der Waals surface area contributed by atoms with Crippen LogP contribution in [-0.2, 0) is 11.0 Å². The van der Waals surface area contributed by atoms with Crippen molar-refractivity contribution in [2.24, 2.45) is 0 Å². The minimum Gasteiger partial charge on any atom is -0.349 e. The Hall–Kier alpha value is -2.49. The Morgan fingerprint density at radius 1 is 1.00 bits per heavy atom. The third-order valence-electron chi connectivity index (χ3n) is 5.53. The number of alkyl halides is 6. The van der Waals surface area contributed by atoms with E-state index in [9.17, 15) is 35.9 Å². The van der Waals surface area contributed by atoms with Crippen molar-refractivity contribution in [1.82, 2.24) is 5.32 Å². The second-order valence-corrected chi connectivity index (χ2v) is 9.65. The maximum absolute atomic E-state index is 13.8. The number of amides is 1. The van der Waals surface area contributed by atoms with Crippen molar-refractivity contribution in [3.63, 3.8) is 0 Å². The minimum absolute atomic E-state index is 0.123. The standard InChI is InChI=1S/C26H22Cl3F6NO2/c1-4-13(2)22(37)9-14(3)36-24(38)17-7-5-15(10-19(17)26(33,34)35)6-8-18(25(30,31)32)16-11-20(27)23(29)21(28)12-16/h4-8,10-12,14,18H,9H2,1-3H3,(H,36,38)/b8-6+,13-4-/t14-,18?/m1/s1. The zero-order valence-electron chi connectivity index (χ0n) is 20.2. The zero-order chi connectivity index (χ0) is 29.0. The first kappa shape index (κ1) is 31.7. The fourth-order valence-electron chi connectivity index (χ4n) is 3.42. The third-order valence-corrected chi connectivity index (χ3v) is 6.73. The molecule has 1 unspecified atom stereocenters. The number of Topliss-reactive ketones (excluding diaryl/α,β-unsaturated/α-hetero) is 1. The Kier molecular flexibility index (Phi) is 10.5. The molecule has 2 aromatic rings. The van der Waals surface area contributed by atoms with Crippen LogP contribution in [0.4, 0.5) is 26.3 Å². The van der Waals surface area contributed by atoms with E-state index in [1.54, 1.807) is 19.9 Å². The number of nitrogens with one attached hydrogen (secondary N) is 1. The second kappa shape index (κ2) is 12.6. The molecule has 1 N–H and O–H groups in total. The quantitative estimate of drug-likeness (QED) is 0.187. The molecule has 0 fully saturated rings. The van der Waals surface area contributed by atoms with Gasteiger partial charge in [0.15, 0.2) is 5.78 Å². The molecular formula is C26H22Cl3F6NO2. The molecule has 0 saturated heterocycles. The first-order valence-corrected chi connectivity index (χ1v) is 12.2. The fourth-order valence-corrected chi connectivity index (χ4v) is 4.03. The molecule has 0 radical (unpaired) electrons. The number of rotatable bonds is 8. The topological polar surface area (TPSA) is 46.2 Å². The summed E-state index contributed by atoms with van der Waals surface area (Å²) in [6, 6.07) is 3.68. The lowest BCUT2D eigenvalue weighted by molar-refractivity contribution is -0.139. The monoisotopic (exact) mass is 599 g/mol. The van der Waals surface area contributed by atoms with Crippen LogP contribution in [0.15, 0.2) is 48.1 Å². The molecule has 0 aliphatic carbocycles. The summed E-state index contributed by atoms with van der Waals surface area (Å²) in [7, 11) is 0. The van der Waals surface area contributed by atoms with Crippen molar-refractivity contribution in [2.75, 3.05) is 0 Å². The maximum Gasteiger partial charge on any atom is 0.417 e. The van der Waals surface area contributed by atoms with Gasteiger partial charge in [0.2, 0.25) is 0 Å². The molecule has 206 valence electrons. The van der Waals surface area contributed by atoms with Crippen LogP contribution in [0.1, 0.15) is 60.2 Å². The number of benzene rings is 2. The summed E-state index contributed by atoms with van der Waals surface area (Å²) in [6.45, 7) is 4.69. The Morgan fingerprint density at radius 3 is 2.08 bits per heavy atom. The highest BCUT2D eigenvalue weighted by Gasteiger charge is 2.40. The van der Waals surface area contributed by atoms with Gasteiger partial charge in [0.1, 0.15) is 0 Å². The molecule has 3 nitrogen and oxygen atoms in total. The minimum atomic E-state index is -4.99. The van der Waals surface area contributed by atoms with E-state index >= 15 is 0 Å². The molecule has 0 aliphatic rings. The van der Waals surface area contributed by atoms with Gasteiger partial charge in [-0.25, -0.2) is 0 Å². The zero-order valence-corrected chi connectivity index (χ0v) is 22.5. The molecule has 0 aliphatic heterocycles. The van der Waals surface area contributed by atoms with E-state index in [1.165, 1.54) is 6.92 Å². The van der Waals surface area contributed by atoms with E-state index in [0.29, 0.717) is 17.7 Å². The van der Waals surface area contributed by atoms with Crippen molar-refractivity contribution in [3.05, 3.63) is 85.4 Å². The van der Waals surface area contributed by atoms with Crippen molar-refractivity contribution in [2.45, 2.75) is 51.5 Å². The SMILES string of the molecule is C/C=C(/C)C(=O)C[C@@H](C)NC(=O)c1ccc(/C=C/C(c2cc(Cl)c(Cl)c(Cl)c2)C(F)(F)F)cc1C(F)(F)F. The number of hydrogen-bond acceptors (Lipinski definition) is 2. The van der Waals surface area contributed by atoms with Crippen LogP contribution in [0.2, 0.25) is 15.1 Å². The van der Waals surface area contributed by atoms with Gasteiger partial charge in [0, 0.05) is 12.5 Å². The van der Waals surface area contributed by atoms with Gasteiger partial charge in [-0.15, -0.1) is 0 Å². The summed E-state index contributed by atoms with van der Waals surface area (Å²) in [5.41, 5.74) is -2.24. The van der Waals surface area contributed by atoms with Crippen LogP contribution in [0.25, 0.3) is 6.08 Å². The van der Waals surface area contributed by atoms with Crippen molar-refractivity contribution >= 4 is 52.6 Å². The Bertz CT molecular complexity index is 1250. The lowest BCUT2D eigenvalue weighted by Crippen LogP contribution is -2.35. The summed E-state index contributed by atoms with van der Waals surface area (Å²) >= 11 is 17.5. The lowest BCUT2D eigenvalue weighted by atomic mass is 9.96. The normalized spacial score (nSPS) is 14.5. The van der Waals surface area contributed by atoms with Gasteiger partial charge in [-0.05, 0) is 61.7 Å². The summed E-state index contributed by atoms with van der Waals surface area (Å²) in [5.74, 6) is -3.62. The number of carbonyl (C=O) groups excluding carboxylic acids is 2. The van der Waals surface area contributed by atoms with Crippen LogP contribution in [0.3, 0.4) is 0 Å². The summed E-state index contributed by atoms with van der Waals surface area (Å²) < 4.78 is 82.6. The van der Waals surface area contributed by atoms with E-state index in [0.717, 1.165) is 30.3 Å². The molecule has 1 amide bonds. The molecule has 0 saturated carbocycles. The van der Waals surface area contributed by atoms with Gasteiger partial charge in [0.25, 0.3) is 5.91 Å². The molecule has 12 heteroatoms. The maximum atomic E-state index is 13.8. The van der Waals surface area contributed by atoms with Crippen LogP contribution < -0.4 is 5.32 Å². The average molecular weight is 601 g/mol. The third kappa shape index (κ3) is 8.25. The Balaban J connectivity index is 2.40. The number of hydrogen-bond donors (Lipinski definition) is 1. The first-order chi connectivity index (χ1) is 17.4. The van der Waals surface area contributed by atoms with E-state index < -0.39 is 41.3 Å². The molecule has 0 heterocycles. The summed E-state index contributed by atoms with van der Waals surface area (Å²) in [5, 5.41) is 1.78. The molecule has 2 aromatic carbocycles. The highest BCUT2D eigenvalue weighted by atomic mass is 35.5. The van der Waals surface area contributed by atoms with E-state index in [-0.39, 0.29) is 38.4 Å². The molecule has 2 rings (SSSR count). The molecule has 2 atom stereocenters. The van der Waals surface area contributed by atoms with Crippen molar-refractivity contribution in [3.8, 4) is 0 Å². The molecule has 0 bridgehead atoms. The van der Waals surface area contributed by atoms with E-state index in [4.69, 9.17) is 34.8 Å². The number of allylic oxidation sites excluding steroid dienone is 3. The summed E-state index contributed by atoms with van der Waals surface area (Å²) in [4.78, 5) is 24.6. The molecule has 0 aromatic heterocycles. The van der Waals surface area contributed by atoms with Gasteiger partial charge in [-0.2, -0.15) is 26.3 Å². The molecule has 38 heavy (non-hydrogen) atoms. The lowest BCUT2D eigenvalue weighted by Gasteiger charge is -2.19. The van der Waals surface area contributed by atoms with Crippen molar-refractivity contribution in [1.29, 1.82) is 0 Å². The Morgan fingerprint density at radius 2 is 1.58 bits per heavy atom.